The van der Waals surface area contributed by atoms with E-state index in [4.69, 9.17) is 13.9 Å². The van der Waals surface area contributed by atoms with Gasteiger partial charge in [0.2, 0.25) is 0 Å². The van der Waals surface area contributed by atoms with Crippen LogP contribution in [-0.4, -0.2) is 35.3 Å². The van der Waals surface area contributed by atoms with E-state index in [9.17, 15) is 9.59 Å². The topological polar surface area (TPSA) is 77.8 Å². The molecule has 0 aliphatic carbocycles. The Bertz CT molecular complexity index is 537. The second-order valence-electron chi connectivity index (χ2n) is 6.07. The Balaban J connectivity index is 2.28. The predicted octanol–water partition coefficient (Wildman–Crippen LogP) is 2.89. The molecule has 0 radical (unpaired) electrons. The van der Waals surface area contributed by atoms with Crippen LogP contribution in [0.4, 0.5) is 4.79 Å². The van der Waals surface area contributed by atoms with Crippen LogP contribution in [0.1, 0.15) is 39.0 Å². The van der Waals surface area contributed by atoms with Gasteiger partial charge >= 0.3 is 12.1 Å². The van der Waals surface area contributed by atoms with Crippen molar-refractivity contribution in [3.63, 3.8) is 0 Å². The average Bonchev–Trinajstić information content (AvgIpc) is 3.04. The van der Waals surface area contributed by atoms with Crippen molar-refractivity contribution in [2.45, 2.75) is 43.6 Å². The summed E-state index contributed by atoms with van der Waals surface area (Å²) in [4.78, 5) is 24.4. The van der Waals surface area contributed by atoms with Gasteiger partial charge in [-0.25, -0.2) is 4.79 Å². The predicted molar refractivity (Wildman–Crippen MR) is 82.6 cm³/mol. The number of carbonyl (C=O) groups is 2. The summed E-state index contributed by atoms with van der Waals surface area (Å²) in [5.41, 5.74) is -0.625. The molecule has 0 bridgehead atoms. The van der Waals surface area contributed by atoms with Crippen molar-refractivity contribution in [2.24, 2.45) is 0 Å². The van der Waals surface area contributed by atoms with Crippen molar-refractivity contribution in [3.8, 4) is 0 Å². The number of carbonyl (C=O) groups excluding carboxylic acids is 2. The lowest BCUT2D eigenvalue weighted by molar-refractivity contribution is -0.140. The molecule has 1 fully saturated rings. The molecule has 1 amide bonds. The molecular formula is C15H21NO5S. The number of furan rings is 1. The van der Waals surface area contributed by atoms with Gasteiger partial charge < -0.3 is 19.2 Å². The average molecular weight is 327 g/mol. The van der Waals surface area contributed by atoms with Crippen molar-refractivity contribution >= 4 is 23.8 Å². The highest BCUT2D eigenvalue weighted by Gasteiger charge is 2.53. The van der Waals surface area contributed by atoms with E-state index in [1.807, 2.05) is 6.26 Å². The maximum absolute atomic E-state index is 12.3. The lowest BCUT2D eigenvalue weighted by Crippen LogP contribution is -2.48. The van der Waals surface area contributed by atoms with Gasteiger partial charge in [0.15, 0.2) is 0 Å². The molecule has 1 aromatic heterocycles. The normalized spacial score (nSPS) is 23.0. The van der Waals surface area contributed by atoms with Crippen LogP contribution in [0.15, 0.2) is 22.8 Å². The molecule has 1 aromatic rings. The fraction of sp³-hybridized carbons (Fsp3) is 0.600. The maximum atomic E-state index is 12.3. The lowest BCUT2D eigenvalue weighted by atomic mass is 9.95. The van der Waals surface area contributed by atoms with E-state index in [2.05, 4.69) is 5.32 Å². The summed E-state index contributed by atoms with van der Waals surface area (Å²) in [6.07, 6.45) is 3.22. The summed E-state index contributed by atoms with van der Waals surface area (Å²) in [5, 5.41) is 2.76. The van der Waals surface area contributed by atoms with Crippen LogP contribution in [0, 0.1) is 0 Å². The molecule has 6 nitrogen and oxygen atoms in total. The zero-order valence-corrected chi connectivity index (χ0v) is 14.0. The van der Waals surface area contributed by atoms with E-state index in [0.29, 0.717) is 18.8 Å². The van der Waals surface area contributed by atoms with Crippen LogP contribution >= 0.6 is 11.8 Å². The smallest absolute Gasteiger partial charge is 0.408 e. The molecule has 7 heteroatoms. The van der Waals surface area contributed by atoms with Gasteiger partial charge in [-0.3, -0.25) is 4.79 Å². The van der Waals surface area contributed by atoms with Gasteiger partial charge in [0.25, 0.3) is 0 Å². The van der Waals surface area contributed by atoms with Gasteiger partial charge in [-0.05, 0) is 39.2 Å². The highest BCUT2D eigenvalue weighted by atomic mass is 32.2. The van der Waals surface area contributed by atoms with E-state index in [1.54, 1.807) is 32.9 Å². The van der Waals surface area contributed by atoms with Crippen LogP contribution < -0.4 is 5.32 Å². The lowest BCUT2D eigenvalue weighted by Gasteiger charge is -2.32. The standard InChI is InChI=1S/C15H21NO5S/c1-14(2,3)21-13(18)16-11(10-6-5-8-19-10)15(22-4)7-9-20-12(15)17/h5-6,8,11H,7,9H2,1-4H3,(H,16,18)/t11-,15+/m0/s1. The van der Waals surface area contributed by atoms with Crippen LogP contribution in [0.3, 0.4) is 0 Å². The Hall–Kier alpha value is -1.63. The van der Waals surface area contributed by atoms with Crippen molar-refractivity contribution in [1.82, 2.24) is 5.32 Å². The first-order valence-electron chi connectivity index (χ1n) is 7.04. The Morgan fingerprint density at radius 2 is 2.23 bits per heavy atom. The zero-order valence-electron chi connectivity index (χ0n) is 13.2. The van der Waals surface area contributed by atoms with Crippen molar-refractivity contribution in [3.05, 3.63) is 24.2 Å². The summed E-state index contributed by atoms with van der Waals surface area (Å²) < 4.78 is 14.9. The molecule has 1 aliphatic rings. The molecule has 2 atom stereocenters. The van der Waals surface area contributed by atoms with E-state index in [1.165, 1.54) is 18.0 Å². The van der Waals surface area contributed by atoms with Crippen molar-refractivity contribution in [2.75, 3.05) is 12.9 Å². The molecule has 0 aromatic carbocycles. The highest BCUT2D eigenvalue weighted by Crippen LogP contribution is 2.44. The third-order valence-electron chi connectivity index (χ3n) is 3.37. The minimum Gasteiger partial charge on any atom is -0.467 e. The van der Waals surface area contributed by atoms with Crippen LogP contribution in [-0.2, 0) is 14.3 Å². The Kier molecular flexibility index (Phi) is 4.75. The van der Waals surface area contributed by atoms with Crippen molar-refractivity contribution in [1.29, 1.82) is 0 Å². The van der Waals surface area contributed by atoms with Gasteiger partial charge in [-0.15, -0.1) is 11.8 Å². The quantitative estimate of drug-likeness (QED) is 0.857. The molecule has 0 unspecified atom stereocenters. The fourth-order valence-corrected chi connectivity index (χ4v) is 3.31. The minimum absolute atomic E-state index is 0.326. The zero-order chi connectivity index (χ0) is 16.4. The molecule has 1 N–H and O–H groups in total. The van der Waals surface area contributed by atoms with Crippen LogP contribution in [0.25, 0.3) is 0 Å². The van der Waals surface area contributed by atoms with Crippen LogP contribution in [0.2, 0.25) is 0 Å². The summed E-state index contributed by atoms with van der Waals surface area (Å²) >= 11 is 1.35. The summed E-state index contributed by atoms with van der Waals surface area (Å²) in [6.45, 7) is 5.67. The number of thioether (sulfide) groups is 1. The molecule has 1 aliphatic heterocycles. The number of hydrogen-bond donors (Lipinski definition) is 1. The van der Waals surface area contributed by atoms with Gasteiger partial charge in [0.05, 0.1) is 12.9 Å². The molecule has 2 rings (SSSR count). The summed E-state index contributed by atoms with van der Waals surface area (Å²) in [7, 11) is 0. The Morgan fingerprint density at radius 1 is 1.50 bits per heavy atom. The number of cyclic esters (lactones) is 1. The first-order valence-corrected chi connectivity index (χ1v) is 8.26. The maximum Gasteiger partial charge on any atom is 0.408 e. The number of alkyl carbamates (subject to hydrolysis) is 1. The van der Waals surface area contributed by atoms with Crippen LogP contribution in [0.5, 0.6) is 0 Å². The first-order chi connectivity index (χ1) is 10.3. The number of ether oxygens (including phenoxy) is 2. The molecule has 0 saturated carbocycles. The van der Waals surface area contributed by atoms with E-state index < -0.39 is 22.5 Å². The molecule has 22 heavy (non-hydrogen) atoms. The molecule has 1 saturated heterocycles. The summed E-state index contributed by atoms with van der Waals surface area (Å²) in [6, 6.07) is 2.79. The summed E-state index contributed by atoms with van der Waals surface area (Å²) in [5.74, 6) is 0.150. The molecule has 122 valence electrons. The molecule has 0 spiro atoms. The monoisotopic (exact) mass is 327 g/mol. The fourth-order valence-electron chi connectivity index (χ4n) is 2.38. The van der Waals surface area contributed by atoms with Gasteiger partial charge in [0, 0.05) is 6.42 Å². The largest absolute Gasteiger partial charge is 0.467 e. The van der Waals surface area contributed by atoms with E-state index in [0.717, 1.165) is 0 Å². The number of amides is 1. The van der Waals surface area contributed by atoms with Gasteiger partial charge in [-0.2, -0.15) is 0 Å². The number of hydrogen-bond acceptors (Lipinski definition) is 6. The second kappa shape index (κ2) is 6.24. The second-order valence-corrected chi connectivity index (χ2v) is 7.21. The molecular weight excluding hydrogens is 306 g/mol. The third-order valence-corrected chi connectivity index (χ3v) is 4.71. The Morgan fingerprint density at radius 3 is 2.68 bits per heavy atom. The van der Waals surface area contributed by atoms with E-state index in [-0.39, 0.29) is 5.97 Å². The van der Waals surface area contributed by atoms with E-state index >= 15 is 0 Å². The SMILES string of the molecule is CS[C@@]1([C@@H](NC(=O)OC(C)(C)C)c2ccco2)CCOC1=O. The van der Waals surface area contributed by atoms with Gasteiger partial charge in [-0.1, -0.05) is 0 Å². The molecule has 2 heterocycles. The highest BCUT2D eigenvalue weighted by molar-refractivity contribution is 8.00. The third kappa shape index (κ3) is 3.40. The first kappa shape index (κ1) is 16.7. The number of esters is 1. The number of nitrogens with one attached hydrogen (secondary N) is 1. The minimum atomic E-state index is -0.908. The Labute approximate surface area is 133 Å². The number of rotatable bonds is 4. The van der Waals surface area contributed by atoms with Crippen molar-refractivity contribution < 1.29 is 23.5 Å². The van der Waals surface area contributed by atoms with Gasteiger partial charge in [0.1, 0.15) is 22.2 Å².